The summed E-state index contributed by atoms with van der Waals surface area (Å²) in [5.41, 5.74) is 1.32. The lowest BCUT2D eigenvalue weighted by Gasteiger charge is -2.34. The van der Waals surface area contributed by atoms with Gasteiger partial charge in [-0.05, 0) is 55.7 Å². The molecule has 2 aromatic rings. The minimum Gasteiger partial charge on any atom is -0.495 e. The summed E-state index contributed by atoms with van der Waals surface area (Å²) in [6.07, 6.45) is 4.05. The van der Waals surface area contributed by atoms with E-state index < -0.39 is 10.0 Å². The van der Waals surface area contributed by atoms with E-state index in [0.29, 0.717) is 18.2 Å². The smallest absolute Gasteiger partial charge is 0.257 e. The molecule has 1 aliphatic heterocycles. The van der Waals surface area contributed by atoms with Crippen LogP contribution in [0, 0.1) is 11.8 Å². The number of nitrogens with zero attached hydrogens (tertiary/aromatic N) is 2. The zero-order valence-corrected chi connectivity index (χ0v) is 19.1. The number of hydrogen-bond donors (Lipinski definition) is 1. The number of anilines is 1. The molecule has 1 aromatic heterocycles. The van der Waals surface area contributed by atoms with Gasteiger partial charge in [0.15, 0.2) is 5.13 Å². The second-order valence-electron chi connectivity index (χ2n) is 8.33. The number of ether oxygens (including phenoxy) is 1. The normalized spacial score (nSPS) is 22.0. The van der Waals surface area contributed by atoms with Gasteiger partial charge in [0.25, 0.3) is 5.91 Å². The third-order valence-corrected chi connectivity index (χ3v) is 8.62. The summed E-state index contributed by atoms with van der Waals surface area (Å²) < 4.78 is 33.6. The van der Waals surface area contributed by atoms with E-state index in [1.807, 2.05) is 0 Å². The van der Waals surface area contributed by atoms with E-state index in [1.54, 1.807) is 12.1 Å². The summed E-state index contributed by atoms with van der Waals surface area (Å²) in [5.74, 6) is 0.438. The van der Waals surface area contributed by atoms with Gasteiger partial charge in [-0.15, -0.1) is 11.3 Å². The summed E-state index contributed by atoms with van der Waals surface area (Å²) in [7, 11) is -2.34. The number of amides is 1. The Labute approximate surface area is 181 Å². The molecule has 1 aromatic carbocycles. The molecule has 0 radical (unpaired) electrons. The van der Waals surface area contributed by atoms with Crippen molar-refractivity contribution < 1.29 is 17.9 Å². The Hall–Kier alpha value is -1.97. The number of nitrogens with one attached hydrogen (secondary N) is 1. The number of carbonyl (C=O) groups excluding carboxylic acids is 1. The van der Waals surface area contributed by atoms with E-state index in [1.165, 1.54) is 33.7 Å². The SMILES string of the molecule is COc1ccc(C(=O)Nc2nc3c(s2)CCC3)cc1S(=O)(=O)N1C[C@@H](C)C[C@H](C)C1. The Morgan fingerprint density at radius 2 is 1.97 bits per heavy atom. The fraction of sp³-hybridized carbons (Fsp3) is 0.524. The van der Waals surface area contributed by atoms with Crippen LogP contribution in [-0.4, -0.2) is 43.8 Å². The number of benzene rings is 1. The average molecular weight is 450 g/mol. The topological polar surface area (TPSA) is 88.6 Å². The van der Waals surface area contributed by atoms with Crippen LogP contribution < -0.4 is 10.1 Å². The van der Waals surface area contributed by atoms with Crippen LogP contribution in [0.15, 0.2) is 23.1 Å². The first-order valence-electron chi connectivity index (χ1n) is 10.3. The maximum absolute atomic E-state index is 13.4. The lowest BCUT2D eigenvalue weighted by Crippen LogP contribution is -2.42. The van der Waals surface area contributed by atoms with E-state index in [9.17, 15) is 13.2 Å². The lowest BCUT2D eigenvalue weighted by molar-refractivity contribution is 0.102. The highest BCUT2D eigenvalue weighted by Gasteiger charge is 2.34. The van der Waals surface area contributed by atoms with Crippen LogP contribution in [0.5, 0.6) is 5.75 Å². The van der Waals surface area contributed by atoms with Gasteiger partial charge >= 0.3 is 0 Å². The quantitative estimate of drug-likeness (QED) is 0.754. The largest absolute Gasteiger partial charge is 0.495 e. The molecule has 162 valence electrons. The maximum Gasteiger partial charge on any atom is 0.257 e. The van der Waals surface area contributed by atoms with Gasteiger partial charge < -0.3 is 4.74 Å². The predicted octanol–water partition coefficient (Wildman–Crippen LogP) is 3.56. The first-order valence-corrected chi connectivity index (χ1v) is 12.5. The molecule has 9 heteroatoms. The lowest BCUT2D eigenvalue weighted by atomic mass is 9.94. The van der Waals surface area contributed by atoms with Crippen LogP contribution in [0.4, 0.5) is 5.13 Å². The summed E-state index contributed by atoms with van der Waals surface area (Å²) in [6, 6.07) is 4.53. The van der Waals surface area contributed by atoms with Gasteiger partial charge in [0.2, 0.25) is 10.0 Å². The molecule has 0 unspecified atom stereocenters. The highest BCUT2D eigenvalue weighted by molar-refractivity contribution is 7.89. The molecule has 4 rings (SSSR count). The molecule has 1 amide bonds. The molecule has 0 spiro atoms. The van der Waals surface area contributed by atoms with Crippen LogP contribution in [0.1, 0.15) is 47.6 Å². The predicted molar refractivity (Wildman–Crippen MR) is 117 cm³/mol. The molecular weight excluding hydrogens is 422 g/mol. The monoisotopic (exact) mass is 449 g/mol. The molecule has 1 aliphatic carbocycles. The Bertz CT molecular complexity index is 1030. The molecule has 1 N–H and O–H groups in total. The molecule has 1 fully saturated rings. The number of sulfonamides is 1. The molecule has 1 saturated heterocycles. The van der Waals surface area contributed by atoms with E-state index in [4.69, 9.17) is 4.74 Å². The third kappa shape index (κ3) is 4.10. The zero-order valence-electron chi connectivity index (χ0n) is 17.5. The standard InChI is InChI=1S/C21H27N3O4S2/c1-13-9-14(2)12-24(11-13)30(26,27)19-10-15(7-8-17(19)28-3)20(25)23-21-22-16-5-4-6-18(16)29-21/h7-8,10,13-14H,4-6,9,11-12H2,1-3H3,(H,22,23,25)/t13-,14-/m0/s1. The molecule has 30 heavy (non-hydrogen) atoms. The van der Waals surface area contributed by atoms with Crippen LogP contribution in [0.3, 0.4) is 0 Å². The summed E-state index contributed by atoms with van der Waals surface area (Å²) in [4.78, 5) is 18.5. The van der Waals surface area contributed by atoms with Gasteiger partial charge in [0.1, 0.15) is 10.6 Å². The number of piperidine rings is 1. The van der Waals surface area contributed by atoms with Crippen LogP contribution in [0.2, 0.25) is 0 Å². The molecule has 2 aliphatic rings. The molecule has 7 nitrogen and oxygen atoms in total. The summed E-state index contributed by atoms with van der Waals surface area (Å²) in [6.45, 7) is 5.06. The first kappa shape index (κ1) is 21.3. The molecule has 2 heterocycles. The molecule has 2 atom stereocenters. The Balaban J connectivity index is 1.61. The van der Waals surface area contributed by atoms with Crippen molar-refractivity contribution >= 4 is 32.4 Å². The molecular formula is C21H27N3O4S2. The number of methoxy groups -OCH3 is 1. The van der Waals surface area contributed by atoms with Crippen molar-refractivity contribution in [3.05, 3.63) is 34.3 Å². The van der Waals surface area contributed by atoms with Gasteiger partial charge in [0.05, 0.1) is 12.8 Å². The van der Waals surface area contributed by atoms with E-state index in [-0.39, 0.29) is 34.0 Å². The van der Waals surface area contributed by atoms with Crippen molar-refractivity contribution in [3.8, 4) is 5.75 Å². The summed E-state index contributed by atoms with van der Waals surface area (Å²) >= 11 is 1.49. The van der Waals surface area contributed by atoms with Gasteiger partial charge in [-0.25, -0.2) is 13.4 Å². The molecule has 0 bridgehead atoms. The minimum absolute atomic E-state index is 0.0283. The fourth-order valence-electron chi connectivity index (χ4n) is 4.37. The first-order chi connectivity index (χ1) is 14.3. The van der Waals surface area contributed by atoms with Crippen LogP contribution >= 0.6 is 11.3 Å². The van der Waals surface area contributed by atoms with Gasteiger partial charge in [-0.1, -0.05) is 13.8 Å². The van der Waals surface area contributed by atoms with E-state index in [2.05, 4.69) is 24.1 Å². The number of rotatable bonds is 5. The number of aromatic nitrogens is 1. The van der Waals surface area contributed by atoms with E-state index >= 15 is 0 Å². The maximum atomic E-state index is 13.4. The Morgan fingerprint density at radius 3 is 2.63 bits per heavy atom. The van der Waals surface area contributed by atoms with Crippen molar-refractivity contribution in [2.45, 2.75) is 44.4 Å². The van der Waals surface area contributed by atoms with Crippen molar-refractivity contribution in [3.63, 3.8) is 0 Å². The van der Waals surface area contributed by atoms with Gasteiger partial charge in [-0.3, -0.25) is 10.1 Å². The second kappa shape index (κ2) is 8.28. The Morgan fingerprint density at radius 1 is 1.23 bits per heavy atom. The van der Waals surface area contributed by atoms with Crippen LogP contribution in [-0.2, 0) is 22.9 Å². The number of fused-ring (bicyclic) bond motifs is 1. The highest BCUT2D eigenvalue weighted by atomic mass is 32.2. The number of thiazole rings is 1. The van der Waals surface area contributed by atoms with Crippen LogP contribution in [0.25, 0.3) is 0 Å². The van der Waals surface area contributed by atoms with Gasteiger partial charge in [-0.2, -0.15) is 4.31 Å². The minimum atomic E-state index is -3.78. The van der Waals surface area contributed by atoms with Crippen molar-refractivity contribution in [1.29, 1.82) is 0 Å². The number of carbonyl (C=O) groups is 1. The van der Waals surface area contributed by atoms with Crippen molar-refractivity contribution in [2.24, 2.45) is 11.8 Å². The third-order valence-electron chi connectivity index (χ3n) is 5.70. The number of aryl methyl sites for hydroxylation is 2. The average Bonchev–Trinajstić information content (AvgIpc) is 3.28. The van der Waals surface area contributed by atoms with E-state index in [0.717, 1.165) is 31.4 Å². The zero-order chi connectivity index (χ0) is 21.5. The van der Waals surface area contributed by atoms with Gasteiger partial charge in [0, 0.05) is 23.5 Å². The summed E-state index contributed by atoms with van der Waals surface area (Å²) in [5, 5.41) is 3.38. The van der Waals surface area contributed by atoms with Crippen molar-refractivity contribution in [2.75, 3.05) is 25.5 Å². The molecule has 0 saturated carbocycles. The second-order valence-corrected chi connectivity index (χ2v) is 11.3. The Kier molecular flexibility index (Phi) is 5.87. The highest BCUT2D eigenvalue weighted by Crippen LogP contribution is 2.33. The number of hydrogen-bond acceptors (Lipinski definition) is 6. The van der Waals surface area contributed by atoms with Crippen molar-refractivity contribution in [1.82, 2.24) is 9.29 Å². The fourth-order valence-corrected chi connectivity index (χ4v) is 7.28.